The van der Waals surface area contributed by atoms with Crippen LogP contribution in [0.3, 0.4) is 0 Å². The summed E-state index contributed by atoms with van der Waals surface area (Å²) in [5.74, 6) is -1.27. The van der Waals surface area contributed by atoms with Gasteiger partial charge in [-0.1, -0.05) is 30.3 Å². The third-order valence-corrected chi connectivity index (χ3v) is 6.46. The Morgan fingerprint density at radius 2 is 1.75 bits per heavy atom. The lowest BCUT2D eigenvalue weighted by Crippen LogP contribution is -2.42. The second-order valence-corrected chi connectivity index (χ2v) is 8.83. The predicted octanol–water partition coefficient (Wildman–Crippen LogP) is 5.44. The highest BCUT2D eigenvalue weighted by molar-refractivity contribution is 6.11. The average molecular weight is 481 g/mol. The van der Waals surface area contributed by atoms with Crippen LogP contribution in [0.15, 0.2) is 85.3 Å². The van der Waals surface area contributed by atoms with E-state index in [9.17, 15) is 14.0 Å². The summed E-state index contributed by atoms with van der Waals surface area (Å²) in [6.07, 6.45) is 7.33. The Hall–Kier alpha value is -4.39. The van der Waals surface area contributed by atoms with Crippen molar-refractivity contribution in [3.63, 3.8) is 0 Å². The summed E-state index contributed by atoms with van der Waals surface area (Å²) < 4.78 is 13.5. The second-order valence-electron chi connectivity index (χ2n) is 8.83. The van der Waals surface area contributed by atoms with Gasteiger partial charge in [-0.25, -0.2) is 9.37 Å². The number of benzene rings is 3. The molecule has 0 bridgehead atoms. The molecule has 6 nitrogen and oxygen atoms in total. The summed E-state index contributed by atoms with van der Waals surface area (Å²) in [7, 11) is 0. The molecule has 0 spiro atoms. The quantitative estimate of drug-likeness (QED) is 0.399. The van der Waals surface area contributed by atoms with Crippen LogP contribution in [0, 0.1) is 12.7 Å². The summed E-state index contributed by atoms with van der Waals surface area (Å²) in [4.78, 5) is 37.6. The first-order valence-electron chi connectivity index (χ1n) is 11.8. The van der Waals surface area contributed by atoms with Crippen molar-refractivity contribution < 1.29 is 14.0 Å². The Labute approximate surface area is 208 Å². The van der Waals surface area contributed by atoms with Gasteiger partial charge in [-0.3, -0.25) is 19.5 Å². The number of hydrogen-bond donors (Lipinski definition) is 1. The molecule has 1 unspecified atom stereocenters. The van der Waals surface area contributed by atoms with E-state index in [-0.39, 0.29) is 5.69 Å². The number of amides is 2. The predicted molar refractivity (Wildman–Crippen MR) is 136 cm³/mol. The summed E-state index contributed by atoms with van der Waals surface area (Å²) in [6.45, 7) is 1.90. The monoisotopic (exact) mass is 480 g/mol. The number of hydrogen-bond acceptors (Lipinski definition) is 4. The summed E-state index contributed by atoms with van der Waals surface area (Å²) in [6, 6.07) is 17.9. The SMILES string of the molecule is Cc1ccccc1C(C(=O)Nc1ccc(F)cc1)N(C(=O)c1cnccn1)c1ccc2c(c1)CCC2. The third-order valence-electron chi connectivity index (χ3n) is 6.46. The lowest BCUT2D eigenvalue weighted by Gasteiger charge is -2.32. The van der Waals surface area contributed by atoms with Gasteiger partial charge < -0.3 is 5.32 Å². The van der Waals surface area contributed by atoms with Crippen molar-refractivity contribution in [1.82, 2.24) is 9.97 Å². The van der Waals surface area contributed by atoms with Crippen molar-refractivity contribution in [2.45, 2.75) is 32.2 Å². The largest absolute Gasteiger partial charge is 0.324 e. The maximum atomic E-state index is 14.0. The van der Waals surface area contributed by atoms with Crippen LogP contribution in [0.5, 0.6) is 0 Å². The Kier molecular flexibility index (Phi) is 6.54. The molecule has 5 rings (SSSR count). The minimum atomic E-state index is -1.01. The molecule has 2 amide bonds. The average Bonchev–Trinajstić information content (AvgIpc) is 3.37. The smallest absolute Gasteiger partial charge is 0.279 e. The van der Waals surface area contributed by atoms with Crippen LogP contribution >= 0.6 is 0 Å². The normalized spacial score (nSPS) is 13.1. The van der Waals surface area contributed by atoms with Crippen LogP contribution in [-0.4, -0.2) is 21.8 Å². The van der Waals surface area contributed by atoms with Crippen molar-refractivity contribution >= 4 is 23.2 Å². The zero-order valence-corrected chi connectivity index (χ0v) is 19.8. The topological polar surface area (TPSA) is 75.2 Å². The van der Waals surface area contributed by atoms with Gasteiger partial charge >= 0.3 is 0 Å². The number of nitrogens with zero attached hydrogens (tertiary/aromatic N) is 3. The number of carbonyl (C=O) groups is 2. The molecule has 1 heterocycles. The minimum Gasteiger partial charge on any atom is -0.324 e. The highest BCUT2D eigenvalue weighted by Gasteiger charge is 2.35. The Morgan fingerprint density at radius 3 is 2.50 bits per heavy atom. The lowest BCUT2D eigenvalue weighted by molar-refractivity contribution is -0.117. The summed E-state index contributed by atoms with van der Waals surface area (Å²) in [5, 5.41) is 2.87. The van der Waals surface area contributed by atoms with Gasteiger partial charge in [0.1, 0.15) is 17.6 Å². The third kappa shape index (κ3) is 4.73. The zero-order valence-electron chi connectivity index (χ0n) is 19.8. The Bertz CT molecular complexity index is 1410. The first-order valence-corrected chi connectivity index (χ1v) is 11.8. The van der Waals surface area contributed by atoms with E-state index in [1.807, 2.05) is 49.4 Å². The van der Waals surface area contributed by atoms with E-state index < -0.39 is 23.7 Å². The van der Waals surface area contributed by atoms with E-state index in [0.717, 1.165) is 24.8 Å². The number of rotatable bonds is 6. The molecule has 0 saturated heterocycles. The van der Waals surface area contributed by atoms with Gasteiger partial charge in [0.05, 0.1) is 6.20 Å². The number of nitrogens with one attached hydrogen (secondary N) is 1. The number of aryl methyl sites for hydroxylation is 3. The molecule has 180 valence electrons. The molecule has 0 fully saturated rings. The van der Waals surface area contributed by atoms with Crippen LogP contribution in [0.4, 0.5) is 15.8 Å². The van der Waals surface area contributed by atoms with Crippen molar-refractivity contribution in [1.29, 1.82) is 0 Å². The molecule has 1 aliphatic carbocycles. The van der Waals surface area contributed by atoms with Crippen molar-refractivity contribution in [3.05, 3.63) is 119 Å². The van der Waals surface area contributed by atoms with Crippen LogP contribution < -0.4 is 10.2 Å². The van der Waals surface area contributed by atoms with Gasteiger partial charge in [0, 0.05) is 23.8 Å². The lowest BCUT2D eigenvalue weighted by atomic mass is 9.97. The first kappa shape index (κ1) is 23.4. The van der Waals surface area contributed by atoms with Crippen molar-refractivity contribution in [2.24, 2.45) is 0 Å². The zero-order chi connectivity index (χ0) is 25.1. The number of carbonyl (C=O) groups excluding carboxylic acids is 2. The number of anilines is 2. The highest BCUT2D eigenvalue weighted by atomic mass is 19.1. The summed E-state index contributed by atoms with van der Waals surface area (Å²) in [5.41, 5.74) is 5.13. The molecular weight excluding hydrogens is 455 g/mol. The van der Waals surface area contributed by atoms with Crippen LogP contribution in [0.25, 0.3) is 0 Å². The maximum absolute atomic E-state index is 14.0. The van der Waals surface area contributed by atoms with Gasteiger partial charge in [-0.05, 0) is 84.8 Å². The van der Waals surface area contributed by atoms with Crippen LogP contribution in [0.1, 0.15) is 45.2 Å². The molecule has 7 heteroatoms. The van der Waals surface area contributed by atoms with Crippen molar-refractivity contribution in [3.8, 4) is 0 Å². The fourth-order valence-corrected chi connectivity index (χ4v) is 4.66. The summed E-state index contributed by atoms with van der Waals surface area (Å²) >= 11 is 0. The molecule has 4 aromatic rings. The maximum Gasteiger partial charge on any atom is 0.279 e. The van der Waals surface area contributed by atoms with Crippen LogP contribution in [0.2, 0.25) is 0 Å². The van der Waals surface area contributed by atoms with Gasteiger partial charge in [-0.15, -0.1) is 0 Å². The van der Waals surface area contributed by atoms with E-state index in [4.69, 9.17) is 0 Å². The number of aromatic nitrogens is 2. The van der Waals surface area contributed by atoms with Gasteiger partial charge in [-0.2, -0.15) is 0 Å². The molecular formula is C29H25FN4O2. The molecule has 0 radical (unpaired) electrons. The van der Waals surface area contributed by atoms with E-state index >= 15 is 0 Å². The van der Waals surface area contributed by atoms with Crippen molar-refractivity contribution in [2.75, 3.05) is 10.2 Å². The van der Waals surface area contributed by atoms with E-state index in [2.05, 4.69) is 15.3 Å². The first-order chi connectivity index (χ1) is 17.5. The fourth-order valence-electron chi connectivity index (χ4n) is 4.66. The number of fused-ring (bicyclic) bond motifs is 1. The molecule has 3 aromatic carbocycles. The molecule has 1 aliphatic rings. The molecule has 0 saturated carbocycles. The fraction of sp³-hybridized carbons (Fsp3) is 0.172. The number of halogens is 1. The van der Waals surface area contributed by atoms with E-state index in [1.54, 1.807) is 0 Å². The van der Waals surface area contributed by atoms with Crippen LogP contribution in [-0.2, 0) is 17.6 Å². The van der Waals surface area contributed by atoms with E-state index in [1.165, 1.54) is 58.9 Å². The van der Waals surface area contributed by atoms with Gasteiger partial charge in [0.15, 0.2) is 0 Å². The molecule has 1 atom stereocenters. The van der Waals surface area contributed by atoms with Gasteiger partial charge in [0.2, 0.25) is 0 Å². The Morgan fingerprint density at radius 1 is 0.972 bits per heavy atom. The Balaban J connectivity index is 1.65. The van der Waals surface area contributed by atoms with E-state index in [0.29, 0.717) is 16.9 Å². The highest BCUT2D eigenvalue weighted by Crippen LogP contribution is 2.35. The molecule has 0 aliphatic heterocycles. The molecule has 36 heavy (non-hydrogen) atoms. The van der Waals surface area contributed by atoms with Gasteiger partial charge in [0.25, 0.3) is 11.8 Å². The standard InChI is InChI=1S/C29H25FN4O2/c1-19-5-2-3-8-25(19)27(28(35)33-23-12-10-22(30)11-13-23)34(29(36)26-18-31-15-16-32-26)24-14-9-20-6-4-7-21(20)17-24/h2-3,5,8-18,27H,4,6-7H2,1H3,(H,33,35). The molecule has 1 N–H and O–H groups in total. The minimum absolute atomic E-state index is 0.131. The second kappa shape index (κ2) is 10.1. The molecule has 1 aromatic heterocycles.